The molecule has 0 aromatic heterocycles. The minimum atomic E-state index is -0.727. The van der Waals surface area contributed by atoms with E-state index in [-0.39, 0.29) is 5.75 Å². The summed E-state index contributed by atoms with van der Waals surface area (Å²) < 4.78 is 13.9. The average molecular weight is 275 g/mol. The molecule has 1 fully saturated rings. The average Bonchev–Trinajstić information content (AvgIpc) is 2.89. The first-order valence-corrected chi connectivity index (χ1v) is 5.61. The van der Waals surface area contributed by atoms with Gasteiger partial charge >= 0.3 is 0 Å². The largest absolute Gasteiger partial charge is 0.505 e. The van der Waals surface area contributed by atoms with E-state index in [9.17, 15) is 14.6 Å². The number of aliphatic hydroxyl groups is 1. The van der Waals surface area contributed by atoms with E-state index in [1.807, 2.05) is 0 Å². The highest BCUT2D eigenvalue weighted by atomic mass is 79.9. The molecule has 0 spiro atoms. The van der Waals surface area contributed by atoms with Crippen molar-refractivity contribution < 1.29 is 14.6 Å². The molecule has 0 atom stereocenters. The summed E-state index contributed by atoms with van der Waals surface area (Å²) in [6, 6.07) is 1.24. The normalized spacial score (nSPS) is 17.9. The molecule has 0 bridgehead atoms. The number of aromatic hydroxyl groups is 1. The first-order valence-electron chi connectivity index (χ1n) is 4.82. The molecule has 1 aliphatic rings. The van der Waals surface area contributed by atoms with Gasteiger partial charge < -0.3 is 10.2 Å². The molecule has 1 aliphatic carbocycles. The Morgan fingerprint density at radius 3 is 2.67 bits per heavy atom. The monoisotopic (exact) mass is 274 g/mol. The third-order valence-corrected chi connectivity index (χ3v) is 3.73. The Kier molecular flexibility index (Phi) is 2.51. The van der Waals surface area contributed by atoms with Crippen LogP contribution in [0.5, 0.6) is 5.75 Å². The zero-order valence-electron chi connectivity index (χ0n) is 8.35. The molecular formula is C11H12BrFO2. The number of hydrogen-bond acceptors (Lipinski definition) is 2. The van der Waals surface area contributed by atoms with Crippen molar-refractivity contribution in [2.45, 2.75) is 31.8 Å². The lowest BCUT2D eigenvalue weighted by Gasteiger charge is -2.14. The van der Waals surface area contributed by atoms with E-state index in [0.29, 0.717) is 16.5 Å². The van der Waals surface area contributed by atoms with Gasteiger partial charge in [-0.15, -0.1) is 0 Å². The molecule has 0 radical (unpaired) electrons. The van der Waals surface area contributed by atoms with Gasteiger partial charge in [0.2, 0.25) is 0 Å². The van der Waals surface area contributed by atoms with Gasteiger partial charge in [0.15, 0.2) is 11.6 Å². The fraction of sp³-hybridized carbons (Fsp3) is 0.455. The second kappa shape index (κ2) is 3.46. The lowest BCUT2D eigenvalue weighted by atomic mass is 10.00. The van der Waals surface area contributed by atoms with Crippen LogP contribution >= 0.6 is 15.9 Å². The van der Waals surface area contributed by atoms with Crippen LogP contribution in [0.25, 0.3) is 0 Å². The number of hydrogen-bond donors (Lipinski definition) is 2. The van der Waals surface area contributed by atoms with Crippen LogP contribution in [0, 0.1) is 12.7 Å². The van der Waals surface area contributed by atoms with Crippen LogP contribution in [-0.2, 0) is 6.42 Å². The fourth-order valence-electron chi connectivity index (χ4n) is 1.62. The molecule has 0 saturated heterocycles. The first-order chi connectivity index (χ1) is 6.93. The Hall–Kier alpha value is -0.610. The smallest absolute Gasteiger partial charge is 0.166 e. The SMILES string of the molecule is Cc1c(Br)cc(F)c(O)c1CC1(O)CC1. The van der Waals surface area contributed by atoms with E-state index >= 15 is 0 Å². The van der Waals surface area contributed by atoms with Crippen LogP contribution < -0.4 is 0 Å². The minimum absolute atomic E-state index is 0.320. The quantitative estimate of drug-likeness (QED) is 0.871. The molecule has 0 aliphatic heterocycles. The second-order valence-corrected chi connectivity index (χ2v) is 5.05. The van der Waals surface area contributed by atoms with Gasteiger partial charge in [0, 0.05) is 16.5 Å². The first kappa shape index (κ1) is 10.9. The topological polar surface area (TPSA) is 40.5 Å². The predicted molar refractivity (Wildman–Crippen MR) is 58.4 cm³/mol. The number of benzene rings is 1. The molecule has 1 saturated carbocycles. The zero-order chi connectivity index (χ0) is 11.2. The van der Waals surface area contributed by atoms with Crippen LogP contribution in [-0.4, -0.2) is 15.8 Å². The maximum atomic E-state index is 13.3. The molecule has 2 rings (SSSR count). The molecule has 15 heavy (non-hydrogen) atoms. The van der Waals surface area contributed by atoms with E-state index < -0.39 is 11.4 Å². The molecule has 2 nitrogen and oxygen atoms in total. The maximum absolute atomic E-state index is 13.3. The van der Waals surface area contributed by atoms with Gasteiger partial charge in [-0.1, -0.05) is 15.9 Å². The van der Waals surface area contributed by atoms with E-state index in [1.165, 1.54) is 6.07 Å². The van der Waals surface area contributed by atoms with Crippen LogP contribution in [0.3, 0.4) is 0 Å². The van der Waals surface area contributed by atoms with Crippen molar-refractivity contribution in [2.75, 3.05) is 0 Å². The molecule has 0 heterocycles. The second-order valence-electron chi connectivity index (χ2n) is 4.19. The molecule has 1 aromatic carbocycles. The van der Waals surface area contributed by atoms with Crippen LogP contribution in [0.4, 0.5) is 4.39 Å². The third kappa shape index (κ3) is 2.01. The maximum Gasteiger partial charge on any atom is 0.166 e. The summed E-state index contributed by atoms with van der Waals surface area (Å²) in [4.78, 5) is 0. The van der Waals surface area contributed by atoms with Crippen LogP contribution in [0.1, 0.15) is 24.0 Å². The van der Waals surface area contributed by atoms with Gasteiger partial charge in [0.05, 0.1) is 5.60 Å². The van der Waals surface area contributed by atoms with Crippen molar-refractivity contribution >= 4 is 15.9 Å². The predicted octanol–water partition coefficient (Wildman–Crippen LogP) is 2.67. The Morgan fingerprint density at radius 1 is 1.53 bits per heavy atom. The van der Waals surface area contributed by atoms with Crippen molar-refractivity contribution in [1.29, 1.82) is 0 Å². The van der Waals surface area contributed by atoms with Crippen LogP contribution in [0.2, 0.25) is 0 Å². The summed E-state index contributed by atoms with van der Waals surface area (Å²) in [6.07, 6.45) is 1.76. The highest BCUT2D eigenvalue weighted by Gasteiger charge is 2.41. The van der Waals surface area contributed by atoms with Gasteiger partial charge in [-0.3, -0.25) is 0 Å². The Morgan fingerprint density at radius 2 is 2.13 bits per heavy atom. The fourth-order valence-corrected chi connectivity index (χ4v) is 2.06. The Labute approximate surface area is 95.9 Å². The van der Waals surface area contributed by atoms with E-state index in [2.05, 4.69) is 15.9 Å². The van der Waals surface area contributed by atoms with Crippen molar-refractivity contribution in [3.05, 3.63) is 27.5 Å². The minimum Gasteiger partial charge on any atom is -0.505 e. The number of rotatable bonds is 2. The van der Waals surface area contributed by atoms with Crippen LogP contribution in [0.15, 0.2) is 10.5 Å². The van der Waals surface area contributed by atoms with Gasteiger partial charge in [0.1, 0.15) is 0 Å². The summed E-state index contributed by atoms with van der Waals surface area (Å²) in [6.45, 7) is 1.80. The number of phenols is 1. The Bertz CT molecular complexity index is 387. The summed E-state index contributed by atoms with van der Waals surface area (Å²) in [7, 11) is 0. The lowest BCUT2D eigenvalue weighted by Crippen LogP contribution is -2.12. The third-order valence-electron chi connectivity index (χ3n) is 2.91. The Balaban J connectivity index is 2.44. The summed E-state index contributed by atoms with van der Waals surface area (Å²) >= 11 is 3.23. The molecule has 0 amide bonds. The number of halogens is 2. The highest BCUT2D eigenvalue weighted by Crippen LogP contribution is 2.42. The van der Waals surface area contributed by atoms with E-state index in [0.717, 1.165) is 18.4 Å². The highest BCUT2D eigenvalue weighted by molar-refractivity contribution is 9.10. The molecule has 2 N–H and O–H groups in total. The van der Waals surface area contributed by atoms with Crippen molar-refractivity contribution in [3.63, 3.8) is 0 Å². The summed E-state index contributed by atoms with van der Waals surface area (Å²) in [5, 5.41) is 19.4. The van der Waals surface area contributed by atoms with Crippen molar-refractivity contribution in [3.8, 4) is 5.75 Å². The molecule has 4 heteroatoms. The molecular weight excluding hydrogens is 263 g/mol. The molecule has 1 aromatic rings. The molecule has 82 valence electrons. The zero-order valence-corrected chi connectivity index (χ0v) is 9.94. The van der Waals surface area contributed by atoms with Crippen molar-refractivity contribution in [2.24, 2.45) is 0 Å². The van der Waals surface area contributed by atoms with Gasteiger partial charge in [0.25, 0.3) is 0 Å². The van der Waals surface area contributed by atoms with Gasteiger partial charge in [-0.05, 0) is 31.4 Å². The summed E-state index contributed by atoms with van der Waals surface area (Å²) in [5.74, 6) is -0.984. The van der Waals surface area contributed by atoms with Gasteiger partial charge in [-0.2, -0.15) is 0 Å². The summed E-state index contributed by atoms with van der Waals surface area (Å²) in [5.41, 5.74) is 0.561. The van der Waals surface area contributed by atoms with Crippen molar-refractivity contribution in [1.82, 2.24) is 0 Å². The number of phenolic OH excluding ortho intramolecular Hbond substituents is 1. The lowest BCUT2D eigenvalue weighted by molar-refractivity contribution is 0.149. The molecule has 0 unspecified atom stereocenters. The standard InChI is InChI=1S/C11H12BrFO2/c1-6-7(5-11(15)2-3-11)10(14)9(13)4-8(6)12/h4,14-15H,2-3,5H2,1H3. The van der Waals surface area contributed by atoms with E-state index in [1.54, 1.807) is 6.92 Å². The van der Waals surface area contributed by atoms with Gasteiger partial charge in [-0.25, -0.2) is 4.39 Å². The van der Waals surface area contributed by atoms with E-state index in [4.69, 9.17) is 0 Å².